The third-order valence-corrected chi connectivity index (χ3v) is 3.79. The lowest BCUT2D eigenvalue weighted by Crippen LogP contribution is -2.27. The van der Waals surface area contributed by atoms with Gasteiger partial charge < -0.3 is 10.6 Å². The molecule has 21 heavy (non-hydrogen) atoms. The van der Waals surface area contributed by atoms with Crippen LogP contribution in [-0.4, -0.2) is 13.1 Å². The Labute approximate surface area is 126 Å². The van der Waals surface area contributed by atoms with Crippen molar-refractivity contribution in [1.82, 2.24) is 0 Å². The fraction of sp³-hybridized carbons (Fsp3) is 0.333. The zero-order valence-electron chi connectivity index (χ0n) is 12.7. The Morgan fingerprint density at radius 1 is 1.05 bits per heavy atom. The molecule has 0 fully saturated rings. The van der Waals surface area contributed by atoms with Crippen LogP contribution in [0.4, 0.5) is 10.1 Å². The van der Waals surface area contributed by atoms with E-state index in [0.717, 1.165) is 25.1 Å². The van der Waals surface area contributed by atoms with Gasteiger partial charge in [-0.3, -0.25) is 0 Å². The third kappa shape index (κ3) is 4.30. The van der Waals surface area contributed by atoms with E-state index in [0.29, 0.717) is 0 Å². The van der Waals surface area contributed by atoms with Crippen LogP contribution in [0.25, 0.3) is 0 Å². The summed E-state index contributed by atoms with van der Waals surface area (Å²) < 4.78 is 12.9. The first kappa shape index (κ1) is 15.5. The first-order valence-electron chi connectivity index (χ1n) is 7.43. The normalized spacial score (nSPS) is 12.2. The molecule has 2 aromatic rings. The molecule has 0 saturated carbocycles. The van der Waals surface area contributed by atoms with Crippen molar-refractivity contribution >= 4 is 5.69 Å². The van der Waals surface area contributed by atoms with Crippen LogP contribution in [0.3, 0.4) is 0 Å². The molecule has 0 amide bonds. The van der Waals surface area contributed by atoms with Crippen LogP contribution in [0.5, 0.6) is 0 Å². The number of nitrogens with two attached hydrogens (primary N) is 1. The first-order valence-corrected chi connectivity index (χ1v) is 7.43. The van der Waals surface area contributed by atoms with Gasteiger partial charge in [-0.15, -0.1) is 0 Å². The molecule has 0 aliphatic carbocycles. The summed E-state index contributed by atoms with van der Waals surface area (Å²) in [6, 6.07) is 14.9. The number of benzene rings is 2. The monoisotopic (exact) mass is 286 g/mol. The highest BCUT2D eigenvalue weighted by atomic mass is 19.1. The Bertz CT molecular complexity index is 548. The van der Waals surface area contributed by atoms with Crippen molar-refractivity contribution in [2.75, 3.05) is 18.0 Å². The molecule has 0 bridgehead atoms. The molecule has 0 aliphatic rings. The highest BCUT2D eigenvalue weighted by Gasteiger charge is 2.10. The lowest BCUT2D eigenvalue weighted by atomic mass is 10.0. The van der Waals surface area contributed by atoms with Gasteiger partial charge in [0.2, 0.25) is 0 Å². The van der Waals surface area contributed by atoms with Crippen molar-refractivity contribution in [3.8, 4) is 0 Å². The summed E-state index contributed by atoms with van der Waals surface area (Å²) in [6.07, 6.45) is 0.841. The van der Waals surface area contributed by atoms with Gasteiger partial charge in [0.05, 0.1) is 0 Å². The second-order valence-corrected chi connectivity index (χ2v) is 5.36. The molecule has 0 spiro atoms. The summed E-state index contributed by atoms with van der Waals surface area (Å²) >= 11 is 0. The van der Waals surface area contributed by atoms with E-state index >= 15 is 0 Å². The van der Waals surface area contributed by atoms with E-state index in [1.165, 1.54) is 23.4 Å². The summed E-state index contributed by atoms with van der Waals surface area (Å²) in [5.41, 5.74) is 9.66. The van der Waals surface area contributed by atoms with Crippen molar-refractivity contribution in [1.29, 1.82) is 0 Å². The van der Waals surface area contributed by atoms with Crippen molar-refractivity contribution in [2.24, 2.45) is 5.73 Å². The molecule has 0 heterocycles. The highest BCUT2D eigenvalue weighted by Crippen LogP contribution is 2.19. The van der Waals surface area contributed by atoms with Gasteiger partial charge in [-0.2, -0.15) is 0 Å². The fourth-order valence-electron chi connectivity index (χ4n) is 2.40. The highest BCUT2D eigenvalue weighted by molar-refractivity contribution is 5.47. The molecule has 2 nitrogen and oxygen atoms in total. The Kier molecular flexibility index (Phi) is 5.34. The number of aryl methyl sites for hydroxylation is 1. The average Bonchev–Trinajstić information content (AvgIpc) is 2.50. The molecular weight excluding hydrogens is 263 g/mol. The third-order valence-electron chi connectivity index (χ3n) is 3.79. The van der Waals surface area contributed by atoms with E-state index < -0.39 is 0 Å². The van der Waals surface area contributed by atoms with Gasteiger partial charge in [-0.1, -0.05) is 29.8 Å². The smallest absolute Gasteiger partial charge is 0.123 e. The molecule has 112 valence electrons. The van der Waals surface area contributed by atoms with Crippen LogP contribution in [-0.2, 0) is 0 Å². The maximum atomic E-state index is 12.9. The van der Waals surface area contributed by atoms with Gasteiger partial charge in [0.1, 0.15) is 5.82 Å². The van der Waals surface area contributed by atoms with Crippen molar-refractivity contribution < 1.29 is 4.39 Å². The number of anilines is 1. The molecule has 1 atom stereocenters. The van der Waals surface area contributed by atoms with Gasteiger partial charge in [-0.05, 0) is 50.1 Å². The van der Waals surface area contributed by atoms with Crippen molar-refractivity contribution in [3.63, 3.8) is 0 Å². The number of rotatable bonds is 6. The summed E-state index contributed by atoms with van der Waals surface area (Å²) in [6.45, 7) is 6.06. The second kappa shape index (κ2) is 7.23. The zero-order valence-corrected chi connectivity index (χ0v) is 12.7. The van der Waals surface area contributed by atoms with Crippen LogP contribution in [0.1, 0.15) is 30.5 Å². The minimum atomic E-state index is -0.221. The Balaban J connectivity index is 1.96. The van der Waals surface area contributed by atoms with Crippen LogP contribution < -0.4 is 10.6 Å². The molecule has 0 radical (unpaired) electrons. The van der Waals surface area contributed by atoms with Crippen molar-refractivity contribution in [3.05, 3.63) is 65.5 Å². The molecular formula is C18H23FN2. The van der Waals surface area contributed by atoms with Gasteiger partial charge >= 0.3 is 0 Å². The Hall–Kier alpha value is -1.87. The number of hydrogen-bond acceptors (Lipinski definition) is 2. The Morgan fingerprint density at radius 2 is 1.67 bits per heavy atom. The van der Waals surface area contributed by atoms with Crippen molar-refractivity contribution in [2.45, 2.75) is 26.3 Å². The quantitative estimate of drug-likeness (QED) is 0.868. The lowest BCUT2D eigenvalue weighted by Gasteiger charge is -2.25. The maximum Gasteiger partial charge on any atom is 0.123 e. The van der Waals surface area contributed by atoms with Crippen LogP contribution >= 0.6 is 0 Å². The fourth-order valence-corrected chi connectivity index (χ4v) is 2.40. The summed E-state index contributed by atoms with van der Waals surface area (Å²) in [4.78, 5) is 2.31. The van der Waals surface area contributed by atoms with Gasteiger partial charge in [0.15, 0.2) is 0 Å². The molecule has 2 rings (SSSR count). The molecule has 0 aromatic heterocycles. The molecule has 3 heteroatoms. The van der Waals surface area contributed by atoms with E-state index in [1.54, 1.807) is 12.1 Å². The summed E-state index contributed by atoms with van der Waals surface area (Å²) in [5.74, 6) is -0.221. The molecule has 2 N–H and O–H groups in total. The summed E-state index contributed by atoms with van der Waals surface area (Å²) in [7, 11) is 0. The van der Waals surface area contributed by atoms with Crippen LogP contribution in [0.15, 0.2) is 48.5 Å². The molecule has 2 aromatic carbocycles. The second-order valence-electron chi connectivity index (χ2n) is 5.36. The predicted octanol–water partition coefficient (Wildman–Crippen LogP) is 4.05. The number of hydrogen-bond donors (Lipinski definition) is 1. The topological polar surface area (TPSA) is 29.3 Å². The molecule has 1 unspecified atom stereocenters. The minimum absolute atomic E-state index is 0.0647. The Morgan fingerprint density at radius 3 is 2.24 bits per heavy atom. The maximum absolute atomic E-state index is 12.9. The predicted molar refractivity (Wildman–Crippen MR) is 87.0 cm³/mol. The van der Waals surface area contributed by atoms with E-state index in [9.17, 15) is 4.39 Å². The van der Waals surface area contributed by atoms with Gasteiger partial charge in [0, 0.05) is 24.8 Å². The molecule has 0 saturated heterocycles. The summed E-state index contributed by atoms with van der Waals surface area (Å²) in [5, 5.41) is 0. The molecule has 0 aliphatic heterocycles. The average molecular weight is 286 g/mol. The van der Waals surface area contributed by atoms with E-state index in [2.05, 4.69) is 43.0 Å². The minimum Gasteiger partial charge on any atom is -0.372 e. The standard InChI is InChI=1S/C18H23FN2/c1-3-21(17-10-4-14(2)5-11-17)13-12-18(20)15-6-8-16(19)9-7-15/h4-11,18H,3,12-13,20H2,1-2H3. The van der Waals surface area contributed by atoms with E-state index in [4.69, 9.17) is 5.73 Å². The largest absolute Gasteiger partial charge is 0.372 e. The van der Waals surface area contributed by atoms with E-state index in [-0.39, 0.29) is 11.9 Å². The number of nitrogens with zero attached hydrogens (tertiary/aromatic N) is 1. The van der Waals surface area contributed by atoms with Crippen LogP contribution in [0, 0.1) is 12.7 Å². The van der Waals surface area contributed by atoms with Gasteiger partial charge in [0.25, 0.3) is 0 Å². The van der Waals surface area contributed by atoms with Crippen LogP contribution in [0.2, 0.25) is 0 Å². The zero-order chi connectivity index (χ0) is 15.2. The lowest BCUT2D eigenvalue weighted by molar-refractivity contribution is 0.614. The van der Waals surface area contributed by atoms with Gasteiger partial charge in [-0.25, -0.2) is 4.39 Å². The SMILES string of the molecule is CCN(CCC(N)c1ccc(F)cc1)c1ccc(C)cc1. The van der Waals surface area contributed by atoms with E-state index in [1.807, 2.05) is 0 Å². The number of halogens is 1. The first-order chi connectivity index (χ1) is 10.1.